The summed E-state index contributed by atoms with van der Waals surface area (Å²) in [4.78, 5) is 13.0. The molecule has 3 heteroatoms. The minimum atomic E-state index is 0.218. The van der Waals surface area contributed by atoms with E-state index in [2.05, 4.69) is 24.8 Å². The fourth-order valence-corrected chi connectivity index (χ4v) is 1.33. The lowest BCUT2D eigenvalue weighted by atomic mass is 10.2. The van der Waals surface area contributed by atoms with Crippen LogP contribution in [-0.4, -0.2) is 30.3 Å². The molecule has 0 aromatic rings. The number of nitrogens with zero attached hydrogens (tertiary/aromatic N) is 2. The monoisotopic (exact) mass is 196 g/mol. The van der Waals surface area contributed by atoms with Crippen molar-refractivity contribution in [2.75, 3.05) is 19.6 Å². The van der Waals surface area contributed by atoms with Crippen LogP contribution in [0.15, 0.2) is 0 Å². The summed E-state index contributed by atoms with van der Waals surface area (Å²) >= 11 is 0. The van der Waals surface area contributed by atoms with Crippen LogP contribution in [0.25, 0.3) is 0 Å². The summed E-state index contributed by atoms with van der Waals surface area (Å²) in [6.45, 7) is 8.43. The zero-order chi connectivity index (χ0) is 11.0. The van der Waals surface area contributed by atoms with Crippen LogP contribution in [0.2, 0.25) is 0 Å². The van der Waals surface area contributed by atoms with E-state index in [1.807, 2.05) is 0 Å². The molecule has 0 heterocycles. The second-order valence-electron chi connectivity index (χ2n) is 4.05. The van der Waals surface area contributed by atoms with E-state index in [9.17, 15) is 4.79 Å². The second-order valence-corrected chi connectivity index (χ2v) is 4.05. The van der Waals surface area contributed by atoms with Gasteiger partial charge in [0, 0.05) is 32.5 Å². The maximum atomic E-state index is 10.8. The number of carbonyl (C=O) groups is 1. The average molecular weight is 196 g/mol. The van der Waals surface area contributed by atoms with Gasteiger partial charge in [0.25, 0.3) is 0 Å². The Bertz CT molecular complexity index is 206. The topological polar surface area (TPSA) is 44.1 Å². The van der Waals surface area contributed by atoms with Gasteiger partial charge in [0.1, 0.15) is 5.78 Å². The fourth-order valence-electron chi connectivity index (χ4n) is 1.33. The Morgan fingerprint density at radius 1 is 1.43 bits per heavy atom. The first-order chi connectivity index (χ1) is 6.56. The SMILES string of the molecule is CC(=O)CCN(CCC#N)CC(C)C. The summed E-state index contributed by atoms with van der Waals surface area (Å²) in [6, 6.07) is 2.13. The van der Waals surface area contributed by atoms with Crippen LogP contribution in [-0.2, 0) is 4.79 Å². The van der Waals surface area contributed by atoms with Gasteiger partial charge >= 0.3 is 0 Å². The van der Waals surface area contributed by atoms with Crippen LogP contribution in [0.4, 0.5) is 0 Å². The summed E-state index contributed by atoms with van der Waals surface area (Å²) in [6.07, 6.45) is 1.14. The van der Waals surface area contributed by atoms with Gasteiger partial charge in [-0.05, 0) is 12.8 Å². The summed E-state index contributed by atoms with van der Waals surface area (Å²) < 4.78 is 0. The molecule has 0 aliphatic rings. The third-order valence-corrected chi connectivity index (χ3v) is 1.94. The Hall–Kier alpha value is -0.880. The Morgan fingerprint density at radius 2 is 2.07 bits per heavy atom. The molecule has 0 aromatic heterocycles. The molecule has 80 valence electrons. The first-order valence-electron chi connectivity index (χ1n) is 5.15. The third kappa shape index (κ3) is 7.75. The van der Waals surface area contributed by atoms with Gasteiger partial charge in [0.15, 0.2) is 0 Å². The lowest BCUT2D eigenvalue weighted by Gasteiger charge is -2.22. The van der Waals surface area contributed by atoms with E-state index in [0.29, 0.717) is 18.8 Å². The molecule has 0 rings (SSSR count). The van der Waals surface area contributed by atoms with Crippen molar-refractivity contribution in [2.24, 2.45) is 5.92 Å². The summed E-state index contributed by atoms with van der Waals surface area (Å²) in [5, 5.41) is 8.48. The number of rotatable bonds is 7. The van der Waals surface area contributed by atoms with Crippen LogP contribution in [0.1, 0.15) is 33.6 Å². The Morgan fingerprint density at radius 3 is 2.50 bits per heavy atom. The number of Topliss-reactive ketones (excluding diaryl/α,β-unsaturated/α-hetero) is 1. The summed E-state index contributed by atoms with van der Waals surface area (Å²) in [5.41, 5.74) is 0. The van der Waals surface area contributed by atoms with E-state index >= 15 is 0 Å². The molecule has 0 aromatic carbocycles. The predicted octanol–water partition coefficient (Wildman–Crippen LogP) is 1.84. The lowest BCUT2D eigenvalue weighted by Crippen LogP contribution is -2.30. The first kappa shape index (κ1) is 13.1. The quantitative estimate of drug-likeness (QED) is 0.624. The third-order valence-electron chi connectivity index (χ3n) is 1.94. The molecule has 0 fully saturated rings. The molecule has 3 nitrogen and oxygen atoms in total. The highest BCUT2D eigenvalue weighted by molar-refractivity contribution is 5.75. The van der Waals surface area contributed by atoms with Crippen LogP contribution >= 0.6 is 0 Å². The molecule has 0 saturated heterocycles. The molecular formula is C11H20N2O. The number of hydrogen-bond donors (Lipinski definition) is 0. The molecule has 0 aliphatic carbocycles. The van der Waals surface area contributed by atoms with E-state index in [1.165, 1.54) is 0 Å². The minimum absolute atomic E-state index is 0.218. The van der Waals surface area contributed by atoms with E-state index in [4.69, 9.17) is 5.26 Å². The standard InChI is InChI=1S/C11H20N2O/c1-10(2)9-13(7-4-6-12)8-5-11(3)14/h10H,4-5,7-9H2,1-3H3. The van der Waals surface area contributed by atoms with Gasteiger partial charge in [-0.25, -0.2) is 0 Å². The molecule has 0 bridgehead atoms. The maximum absolute atomic E-state index is 10.8. The molecule has 0 saturated carbocycles. The van der Waals surface area contributed by atoms with Crippen molar-refractivity contribution in [3.05, 3.63) is 0 Å². The predicted molar refractivity (Wildman–Crippen MR) is 56.8 cm³/mol. The van der Waals surface area contributed by atoms with Gasteiger partial charge in [0.2, 0.25) is 0 Å². The molecule has 0 unspecified atom stereocenters. The van der Waals surface area contributed by atoms with E-state index in [1.54, 1.807) is 6.92 Å². The van der Waals surface area contributed by atoms with E-state index in [-0.39, 0.29) is 5.78 Å². The van der Waals surface area contributed by atoms with Crippen molar-refractivity contribution in [2.45, 2.75) is 33.6 Å². The highest BCUT2D eigenvalue weighted by atomic mass is 16.1. The molecular weight excluding hydrogens is 176 g/mol. The van der Waals surface area contributed by atoms with Crippen LogP contribution in [0, 0.1) is 17.2 Å². The maximum Gasteiger partial charge on any atom is 0.131 e. The lowest BCUT2D eigenvalue weighted by molar-refractivity contribution is -0.117. The van der Waals surface area contributed by atoms with E-state index in [0.717, 1.165) is 19.6 Å². The number of hydrogen-bond acceptors (Lipinski definition) is 3. The summed E-state index contributed by atoms with van der Waals surface area (Å²) in [5.74, 6) is 0.802. The molecule has 0 radical (unpaired) electrons. The largest absolute Gasteiger partial charge is 0.302 e. The van der Waals surface area contributed by atoms with Crippen LogP contribution < -0.4 is 0 Å². The van der Waals surface area contributed by atoms with Crippen molar-refractivity contribution < 1.29 is 4.79 Å². The number of carbonyl (C=O) groups excluding carboxylic acids is 1. The molecule has 0 atom stereocenters. The van der Waals surface area contributed by atoms with Gasteiger partial charge in [-0.2, -0.15) is 5.26 Å². The van der Waals surface area contributed by atoms with Gasteiger partial charge in [-0.3, -0.25) is 4.79 Å². The van der Waals surface area contributed by atoms with Gasteiger partial charge in [-0.1, -0.05) is 13.8 Å². The van der Waals surface area contributed by atoms with Crippen molar-refractivity contribution in [1.29, 1.82) is 5.26 Å². The van der Waals surface area contributed by atoms with Crippen molar-refractivity contribution in [3.63, 3.8) is 0 Å². The highest BCUT2D eigenvalue weighted by Crippen LogP contribution is 2.01. The average Bonchev–Trinajstić information content (AvgIpc) is 2.09. The fraction of sp³-hybridized carbons (Fsp3) is 0.818. The highest BCUT2D eigenvalue weighted by Gasteiger charge is 2.07. The normalized spacial score (nSPS) is 10.6. The van der Waals surface area contributed by atoms with Crippen molar-refractivity contribution in [1.82, 2.24) is 4.90 Å². The minimum Gasteiger partial charge on any atom is -0.302 e. The number of ketones is 1. The molecule has 0 spiro atoms. The smallest absolute Gasteiger partial charge is 0.131 e. The molecule has 0 aliphatic heterocycles. The van der Waals surface area contributed by atoms with Gasteiger partial charge < -0.3 is 4.90 Å². The van der Waals surface area contributed by atoms with Gasteiger partial charge in [-0.15, -0.1) is 0 Å². The van der Waals surface area contributed by atoms with Crippen LogP contribution in [0.3, 0.4) is 0 Å². The number of nitriles is 1. The zero-order valence-electron chi connectivity index (χ0n) is 9.42. The second kappa shape index (κ2) is 7.52. The van der Waals surface area contributed by atoms with Gasteiger partial charge in [0.05, 0.1) is 6.07 Å². The first-order valence-corrected chi connectivity index (χ1v) is 5.15. The Balaban J connectivity index is 3.85. The molecule has 0 N–H and O–H groups in total. The summed E-state index contributed by atoms with van der Waals surface area (Å²) in [7, 11) is 0. The van der Waals surface area contributed by atoms with Crippen molar-refractivity contribution >= 4 is 5.78 Å². The Kier molecular flexibility index (Phi) is 7.04. The van der Waals surface area contributed by atoms with Crippen molar-refractivity contribution in [3.8, 4) is 6.07 Å². The molecule has 14 heavy (non-hydrogen) atoms. The Labute approximate surface area is 86.7 Å². The van der Waals surface area contributed by atoms with E-state index < -0.39 is 0 Å². The van der Waals surface area contributed by atoms with Crippen LogP contribution in [0.5, 0.6) is 0 Å². The zero-order valence-corrected chi connectivity index (χ0v) is 9.42. The molecule has 0 amide bonds.